The van der Waals surface area contributed by atoms with E-state index in [1.807, 2.05) is 35.0 Å². The van der Waals surface area contributed by atoms with E-state index in [0.29, 0.717) is 5.69 Å². The first-order valence-electron chi connectivity index (χ1n) is 5.90. The minimum Gasteiger partial charge on any atom is -0.335 e. The number of nitriles is 1. The molecule has 0 unspecified atom stereocenters. The Kier molecular flexibility index (Phi) is 2.59. The van der Waals surface area contributed by atoms with Crippen molar-refractivity contribution in [1.29, 1.82) is 5.26 Å². The van der Waals surface area contributed by atoms with Crippen molar-refractivity contribution in [3.63, 3.8) is 0 Å². The summed E-state index contributed by atoms with van der Waals surface area (Å²) < 4.78 is 1.97. The predicted molar refractivity (Wildman–Crippen MR) is 72.2 cm³/mol. The van der Waals surface area contributed by atoms with E-state index in [2.05, 4.69) is 36.4 Å². The maximum Gasteiger partial charge on any atom is 0.120 e. The summed E-state index contributed by atoms with van der Waals surface area (Å²) in [5.74, 6) is 0. The highest BCUT2D eigenvalue weighted by molar-refractivity contribution is 5.85. The molecule has 0 aliphatic heterocycles. The molecule has 0 amide bonds. The molecule has 0 spiro atoms. The van der Waals surface area contributed by atoms with Crippen molar-refractivity contribution in [1.82, 2.24) is 4.57 Å². The Labute approximate surface area is 106 Å². The van der Waals surface area contributed by atoms with Gasteiger partial charge in [-0.3, -0.25) is 0 Å². The van der Waals surface area contributed by atoms with Gasteiger partial charge in [-0.2, -0.15) is 5.26 Å². The average molecular weight is 232 g/mol. The van der Waals surface area contributed by atoms with Gasteiger partial charge in [0.1, 0.15) is 11.8 Å². The maximum atomic E-state index is 9.03. The number of benzene rings is 2. The fourth-order valence-electron chi connectivity index (χ4n) is 2.27. The number of rotatable bonds is 2. The van der Waals surface area contributed by atoms with Crippen LogP contribution in [0.3, 0.4) is 0 Å². The minimum absolute atomic E-state index is 0.697. The Morgan fingerprint density at radius 1 is 0.944 bits per heavy atom. The molecule has 0 aliphatic rings. The first-order valence-corrected chi connectivity index (χ1v) is 5.90. The molecular formula is C16H12N2. The van der Waals surface area contributed by atoms with Crippen molar-refractivity contribution in [3.05, 3.63) is 72.1 Å². The SMILES string of the molecule is N#Cc1cccn1Cc1cccc2ccccc12. The summed E-state index contributed by atoms with van der Waals surface area (Å²) in [7, 11) is 0. The highest BCUT2D eigenvalue weighted by Crippen LogP contribution is 2.20. The van der Waals surface area contributed by atoms with Gasteiger partial charge in [0, 0.05) is 12.7 Å². The molecule has 2 aromatic carbocycles. The molecule has 1 heterocycles. The fourth-order valence-corrected chi connectivity index (χ4v) is 2.27. The van der Waals surface area contributed by atoms with Crippen LogP contribution in [0.1, 0.15) is 11.3 Å². The van der Waals surface area contributed by atoms with E-state index in [-0.39, 0.29) is 0 Å². The summed E-state index contributed by atoms with van der Waals surface area (Å²) in [6.07, 6.45) is 1.94. The molecule has 0 saturated carbocycles. The van der Waals surface area contributed by atoms with Crippen molar-refractivity contribution in [2.45, 2.75) is 6.54 Å². The predicted octanol–water partition coefficient (Wildman–Crippen LogP) is 3.56. The zero-order valence-corrected chi connectivity index (χ0v) is 9.88. The largest absolute Gasteiger partial charge is 0.335 e. The Bertz CT molecular complexity index is 727. The Morgan fingerprint density at radius 3 is 2.67 bits per heavy atom. The molecule has 3 rings (SSSR count). The first kappa shape index (κ1) is 10.6. The molecule has 0 aliphatic carbocycles. The number of hydrogen-bond acceptors (Lipinski definition) is 1. The highest BCUT2D eigenvalue weighted by Gasteiger charge is 2.03. The average Bonchev–Trinajstić information content (AvgIpc) is 2.86. The van der Waals surface area contributed by atoms with Crippen molar-refractivity contribution in [2.75, 3.05) is 0 Å². The van der Waals surface area contributed by atoms with Crippen LogP contribution in [0.15, 0.2) is 60.8 Å². The molecule has 18 heavy (non-hydrogen) atoms. The molecule has 0 atom stereocenters. The zero-order chi connectivity index (χ0) is 12.4. The van der Waals surface area contributed by atoms with Gasteiger partial charge in [0.05, 0.1) is 0 Å². The standard InChI is InChI=1S/C16H12N2/c17-11-15-8-4-10-18(15)12-14-7-3-6-13-5-1-2-9-16(13)14/h1-10H,12H2. The second-order valence-corrected chi connectivity index (χ2v) is 4.27. The molecule has 86 valence electrons. The Morgan fingerprint density at radius 2 is 1.78 bits per heavy atom. The van der Waals surface area contributed by atoms with Crippen molar-refractivity contribution in [2.24, 2.45) is 0 Å². The van der Waals surface area contributed by atoms with E-state index >= 15 is 0 Å². The second kappa shape index (κ2) is 4.38. The molecule has 2 nitrogen and oxygen atoms in total. The Hall–Kier alpha value is -2.53. The molecule has 0 N–H and O–H groups in total. The van der Waals surface area contributed by atoms with Crippen LogP contribution in [0.25, 0.3) is 10.8 Å². The number of fused-ring (bicyclic) bond motifs is 1. The van der Waals surface area contributed by atoms with Gasteiger partial charge in [-0.1, -0.05) is 42.5 Å². The summed E-state index contributed by atoms with van der Waals surface area (Å²) in [6, 6.07) is 20.6. The van der Waals surface area contributed by atoms with Gasteiger partial charge in [-0.25, -0.2) is 0 Å². The van der Waals surface area contributed by atoms with Gasteiger partial charge in [-0.15, -0.1) is 0 Å². The van der Waals surface area contributed by atoms with Gasteiger partial charge < -0.3 is 4.57 Å². The van der Waals surface area contributed by atoms with Crippen molar-refractivity contribution in [3.8, 4) is 6.07 Å². The summed E-state index contributed by atoms with van der Waals surface area (Å²) in [5, 5.41) is 11.5. The topological polar surface area (TPSA) is 28.7 Å². The first-order chi connectivity index (χ1) is 8.88. The quantitative estimate of drug-likeness (QED) is 0.664. The van der Waals surface area contributed by atoms with Crippen LogP contribution in [0, 0.1) is 11.3 Å². The van der Waals surface area contributed by atoms with Crippen LogP contribution in [-0.2, 0) is 6.54 Å². The van der Waals surface area contributed by atoms with E-state index < -0.39 is 0 Å². The summed E-state index contributed by atoms with van der Waals surface area (Å²) >= 11 is 0. The van der Waals surface area contributed by atoms with Crippen molar-refractivity contribution < 1.29 is 0 Å². The highest BCUT2D eigenvalue weighted by atomic mass is 15.0. The number of nitrogens with zero attached hydrogens (tertiary/aromatic N) is 2. The molecule has 2 heteroatoms. The monoisotopic (exact) mass is 232 g/mol. The van der Waals surface area contributed by atoms with Crippen LogP contribution in [0.5, 0.6) is 0 Å². The third-order valence-electron chi connectivity index (χ3n) is 3.16. The minimum atomic E-state index is 0.697. The molecule has 0 saturated heterocycles. The number of aromatic nitrogens is 1. The zero-order valence-electron chi connectivity index (χ0n) is 9.88. The molecule has 1 aromatic heterocycles. The number of hydrogen-bond donors (Lipinski definition) is 0. The lowest BCUT2D eigenvalue weighted by Crippen LogP contribution is -2.01. The van der Waals surface area contributed by atoms with E-state index in [1.54, 1.807) is 0 Å². The van der Waals surface area contributed by atoms with Crippen LogP contribution in [-0.4, -0.2) is 4.57 Å². The van der Waals surface area contributed by atoms with Crippen LogP contribution in [0.2, 0.25) is 0 Å². The molecule has 3 aromatic rings. The lowest BCUT2D eigenvalue weighted by Gasteiger charge is -2.08. The smallest absolute Gasteiger partial charge is 0.120 e. The van der Waals surface area contributed by atoms with Crippen LogP contribution < -0.4 is 0 Å². The normalized spacial score (nSPS) is 10.4. The molecular weight excluding hydrogens is 220 g/mol. The van der Waals surface area contributed by atoms with Gasteiger partial charge >= 0.3 is 0 Å². The van der Waals surface area contributed by atoms with Gasteiger partial charge in [-0.05, 0) is 28.5 Å². The Balaban J connectivity index is 2.08. The van der Waals surface area contributed by atoms with Gasteiger partial charge in [0.25, 0.3) is 0 Å². The summed E-state index contributed by atoms with van der Waals surface area (Å²) in [6.45, 7) is 0.733. The summed E-state index contributed by atoms with van der Waals surface area (Å²) in [5.41, 5.74) is 1.93. The lowest BCUT2D eigenvalue weighted by molar-refractivity contribution is 0.799. The van der Waals surface area contributed by atoms with E-state index in [0.717, 1.165) is 6.54 Å². The van der Waals surface area contributed by atoms with Gasteiger partial charge in [0.2, 0.25) is 0 Å². The van der Waals surface area contributed by atoms with E-state index in [1.165, 1.54) is 16.3 Å². The summed E-state index contributed by atoms with van der Waals surface area (Å²) in [4.78, 5) is 0. The third kappa shape index (κ3) is 1.76. The second-order valence-electron chi connectivity index (χ2n) is 4.27. The fraction of sp³-hybridized carbons (Fsp3) is 0.0625. The van der Waals surface area contributed by atoms with Crippen LogP contribution in [0.4, 0.5) is 0 Å². The van der Waals surface area contributed by atoms with E-state index in [9.17, 15) is 0 Å². The maximum absolute atomic E-state index is 9.03. The van der Waals surface area contributed by atoms with Crippen LogP contribution >= 0.6 is 0 Å². The van der Waals surface area contributed by atoms with Gasteiger partial charge in [0.15, 0.2) is 0 Å². The molecule has 0 radical (unpaired) electrons. The van der Waals surface area contributed by atoms with Crippen molar-refractivity contribution >= 4 is 10.8 Å². The molecule has 0 bridgehead atoms. The lowest BCUT2D eigenvalue weighted by atomic mass is 10.0. The van der Waals surface area contributed by atoms with E-state index in [4.69, 9.17) is 5.26 Å². The molecule has 0 fully saturated rings. The third-order valence-corrected chi connectivity index (χ3v) is 3.16.